The highest BCUT2D eigenvalue weighted by Crippen LogP contribution is 2.68. The Labute approximate surface area is 194 Å². The van der Waals surface area contributed by atoms with Gasteiger partial charge >= 0.3 is 0 Å². The number of nitrogens with two attached hydrogens (primary N) is 1. The lowest BCUT2D eigenvalue weighted by Gasteiger charge is -2.52. The number of carbonyl (C=O) groups is 3. The first-order valence-corrected chi connectivity index (χ1v) is 12.1. The Balaban J connectivity index is 1.51. The molecule has 176 valence electrons. The van der Waals surface area contributed by atoms with Gasteiger partial charge in [-0.2, -0.15) is 0 Å². The van der Waals surface area contributed by atoms with Gasteiger partial charge in [0, 0.05) is 12.1 Å². The molecule has 2 saturated heterocycles. The number of piperidine rings is 1. The van der Waals surface area contributed by atoms with Crippen molar-refractivity contribution < 1.29 is 19.1 Å². The molecule has 1 spiro atoms. The molecule has 0 aromatic heterocycles. The van der Waals surface area contributed by atoms with Gasteiger partial charge < -0.3 is 20.6 Å². The van der Waals surface area contributed by atoms with Gasteiger partial charge in [-0.05, 0) is 69.0 Å². The summed E-state index contributed by atoms with van der Waals surface area (Å²) in [4.78, 5) is 41.6. The van der Waals surface area contributed by atoms with E-state index in [9.17, 15) is 14.4 Å². The summed E-state index contributed by atoms with van der Waals surface area (Å²) in [6.45, 7) is 9.55. The Hall–Kier alpha value is -2.25. The second-order valence-electron chi connectivity index (χ2n) is 12.3. The minimum atomic E-state index is -0.853. The summed E-state index contributed by atoms with van der Waals surface area (Å²) in [7, 11) is 0. The molecule has 0 radical (unpaired) electrons. The van der Waals surface area contributed by atoms with Crippen LogP contribution in [0.25, 0.3) is 0 Å². The number of ether oxygens (including phenoxy) is 1. The van der Waals surface area contributed by atoms with E-state index in [0.29, 0.717) is 36.4 Å². The van der Waals surface area contributed by atoms with Crippen LogP contribution in [0.3, 0.4) is 0 Å². The first kappa shape index (κ1) is 21.3. The highest BCUT2D eigenvalue weighted by Gasteiger charge is 2.73. The topological polar surface area (TPSA) is 102 Å². The fourth-order valence-corrected chi connectivity index (χ4v) is 8.20. The van der Waals surface area contributed by atoms with Gasteiger partial charge in [0.2, 0.25) is 5.91 Å². The Morgan fingerprint density at radius 1 is 1.21 bits per heavy atom. The van der Waals surface area contributed by atoms with Gasteiger partial charge in [-0.25, -0.2) is 0 Å². The molecular formula is C26H33N3O4. The fourth-order valence-electron chi connectivity index (χ4n) is 8.20. The first-order chi connectivity index (χ1) is 15.4. The predicted octanol–water partition coefficient (Wildman–Crippen LogP) is 2.80. The van der Waals surface area contributed by atoms with E-state index in [0.717, 1.165) is 31.2 Å². The smallest absolute Gasteiger partial charge is 0.235 e. The number of amides is 1. The van der Waals surface area contributed by atoms with Crippen LogP contribution in [-0.4, -0.2) is 52.6 Å². The van der Waals surface area contributed by atoms with Crippen molar-refractivity contribution in [3.63, 3.8) is 0 Å². The molecule has 1 aromatic carbocycles. The predicted molar refractivity (Wildman–Crippen MR) is 123 cm³/mol. The van der Waals surface area contributed by atoms with Crippen LogP contribution in [0.5, 0.6) is 5.75 Å². The Morgan fingerprint density at radius 2 is 1.97 bits per heavy atom. The van der Waals surface area contributed by atoms with E-state index < -0.39 is 27.5 Å². The minimum Gasteiger partial charge on any atom is -0.487 e. The van der Waals surface area contributed by atoms with Crippen molar-refractivity contribution in [3.05, 3.63) is 23.3 Å². The maximum atomic E-state index is 13.9. The van der Waals surface area contributed by atoms with Crippen LogP contribution in [0.1, 0.15) is 75.7 Å². The van der Waals surface area contributed by atoms with E-state index in [4.69, 9.17) is 10.5 Å². The molecule has 7 heteroatoms. The van der Waals surface area contributed by atoms with Gasteiger partial charge in [-0.1, -0.05) is 19.9 Å². The minimum absolute atomic E-state index is 0.00293. The van der Waals surface area contributed by atoms with Gasteiger partial charge in [-0.3, -0.25) is 14.5 Å². The molecule has 1 aromatic rings. The van der Waals surface area contributed by atoms with Crippen LogP contribution < -0.4 is 15.8 Å². The first-order valence-electron chi connectivity index (χ1n) is 12.1. The summed E-state index contributed by atoms with van der Waals surface area (Å²) in [5, 5.41) is 3.09. The third kappa shape index (κ3) is 2.40. The average molecular weight is 452 g/mol. The molecule has 1 amide bonds. The van der Waals surface area contributed by atoms with Gasteiger partial charge in [0.25, 0.3) is 0 Å². The quantitative estimate of drug-likeness (QED) is 0.637. The van der Waals surface area contributed by atoms with Crippen molar-refractivity contribution in [2.24, 2.45) is 17.1 Å². The number of fused-ring (bicyclic) bond motifs is 6. The average Bonchev–Trinajstić information content (AvgIpc) is 3.29. The zero-order chi connectivity index (χ0) is 23.6. The lowest BCUT2D eigenvalue weighted by molar-refractivity contribution is -0.125. The highest BCUT2D eigenvalue weighted by molar-refractivity contribution is 6.15. The van der Waals surface area contributed by atoms with Gasteiger partial charge in [0.1, 0.15) is 17.6 Å². The Kier molecular flexibility index (Phi) is 3.90. The van der Waals surface area contributed by atoms with Crippen molar-refractivity contribution in [1.82, 2.24) is 4.90 Å². The van der Waals surface area contributed by atoms with Crippen molar-refractivity contribution >= 4 is 23.7 Å². The molecule has 4 atom stereocenters. The molecule has 33 heavy (non-hydrogen) atoms. The maximum absolute atomic E-state index is 13.9. The molecule has 1 saturated carbocycles. The van der Waals surface area contributed by atoms with E-state index in [2.05, 4.69) is 24.1 Å². The third-order valence-corrected chi connectivity index (χ3v) is 9.69. The number of hydrogen-bond donors (Lipinski definition) is 2. The van der Waals surface area contributed by atoms with Crippen molar-refractivity contribution in [2.75, 3.05) is 18.4 Å². The number of rotatable bonds is 1. The molecule has 5 aliphatic rings. The van der Waals surface area contributed by atoms with Crippen LogP contribution in [0, 0.1) is 11.3 Å². The summed E-state index contributed by atoms with van der Waals surface area (Å²) in [5.74, 6) is 0.437. The molecule has 7 nitrogen and oxygen atoms in total. The van der Waals surface area contributed by atoms with Gasteiger partial charge in [0.05, 0.1) is 28.6 Å². The zero-order valence-electron chi connectivity index (χ0n) is 19.9. The zero-order valence-corrected chi connectivity index (χ0v) is 19.9. The number of hydrogen-bond acceptors (Lipinski definition) is 6. The Bertz CT molecular complexity index is 1130. The van der Waals surface area contributed by atoms with Crippen LogP contribution in [-0.2, 0) is 15.0 Å². The number of anilines is 1. The molecule has 0 bridgehead atoms. The second kappa shape index (κ2) is 6.05. The van der Waals surface area contributed by atoms with Gasteiger partial charge in [-0.15, -0.1) is 0 Å². The third-order valence-electron chi connectivity index (χ3n) is 9.69. The largest absolute Gasteiger partial charge is 0.487 e. The van der Waals surface area contributed by atoms with Crippen molar-refractivity contribution in [2.45, 2.75) is 81.9 Å². The van der Waals surface area contributed by atoms with Crippen LogP contribution in [0.4, 0.5) is 5.69 Å². The van der Waals surface area contributed by atoms with Crippen LogP contribution in [0.2, 0.25) is 0 Å². The van der Waals surface area contributed by atoms with Crippen LogP contribution in [0.15, 0.2) is 12.1 Å². The van der Waals surface area contributed by atoms with Crippen molar-refractivity contribution in [1.29, 1.82) is 0 Å². The van der Waals surface area contributed by atoms with Crippen LogP contribution >= 0.6 is 0 Å². The number of benzene rings is 1. The molecule has 4 heterocycles. The standard InChI is InChI=1S/C26H33N3O4/c1-22(2)10-16(31)19-17(33-22)7-6-15-20(19)28-21(32)26(15)12-25(27)13-29-9-5-8-24(29,14-30)11-18(25)23(26,3)4/h6-7,14,18H,5,8-13,27H2,1-4H3,(H,28,32). The lowest BCUT2D eigenvalue weighted by Crippen LogP contribution is -2.65. The number of nitrogens with one attached hydrogen (secondary N) is 1. The summed E-state index contributed by atoms with van der Waals surface area (Å²) in [6, 6.07) is 3.81. The summed E-state index contributed by atoms with van der Waals surface area (Å²) in [6.07, 6.45) is 4.42. The van der Waals surface area contributed by atoms with E-state index in [-0.39, 0.29) is 24.0 Å². The fraction of sp³-hybridized carbons (Fsp3) is 0.654. The molecule has 4 unspecified atom stereocenters. The number of aldehydes is 1. The molecule has 3 N–H and O–H groups in total. The lowest BCUT2D eigenvalue weighted by atomic mass is 9.59. The highest BCUT2D eigenvalue weighted by atomic mass is 16.5. The van der Waals surface area contributed by atoms with E-state index >= 15 is 0 Å². The summed E-state index contributed by atoms with van der Waals surface area (Å²) >= 11 is 0. The molecule has 1 aliphatic carbocycles. The van der Waals surface area contributed by atoms with E-state index in [1.807, 2.05) is 26.0 Å². The molecule has 3 fully saturated rings. The van der Waals surface area contributed by atoms with Crippen molar-refractivity contribution in [3.8, 4) is 5.75 Å². The summed E-state index contributed by atoms with van der Waals surface area (Å²) < 4.78 is 6.10. The normalized spacial score (nSPS) is 40.0. The maximum Gasteiger partial charge on any atom is 0.235 e. The molecule has 4 aliphatic heterocycles. The number of Topliss-reactive ketones (excluding diaryl/α,β-unsaturated/α-hetero) is 1. The number of carbonyl (C=O) groups excluding carboxylic acids is 3. The Morgan fingerprint density at radius 3 is 2.70 bits per heavy atom. The monoisotopic (exact) mass is 451 g/mol. The summed E-state index contributed by atoms with van der Waals surface area (Å²) in [5.41, 5.74) is 6.11. The molecule has 6 rings (SSSR count). The number of ketones is 1. The molecular weight excluding hydrogens is 418 g/mol. The number of nitrogens with zero attached hydrogens (tertiary/aromatic N) is 1. The van der Waals surface area contributed by atoms with E-state index in [1.54, 1.807) is 0 Å². The van der Waals surface area contributed by atoms with E-state index in [1.165, 1.54) is 0 Å². The SMILES string of the molecule is CC1(C)CC(=O)c2c(ccc3c2NC(=O)C32CC3(N)CN4CCCC4(C=O)CC3C2(C)C)O1. The second-order valence-corrected chi connectivity index (χ2v) is 12.3. The van der Waals surface area contributed by atoms with Gasteiger partial charge in [0.15, 0.2) is 5.78 Å².